The fourth-order valence-corrected chi connectivity index (χ4v) is 2.29. The molecule has 1 N–H and O–H groups in total. The van der Waals surface area contributed by atoms with Gasteiger partial charge >= 0.3 is 5.97 Å². The average Bonchev–Trinajstić information content (AvgIpc) is 2.45. The zero-order valence-electron chi connectivity index (χ0n) is 13.6. The standard InChI is InChI=1S/C16H32O4/c1-5-14(6-2)9-10-19-12-16(7-3,8-4)13-20-11-15(17)18/h14H,5-13H2,1-4H3,(H,17,18). The van der Waals surface area contributed by atoms with Crippen molar-refractivity contribution in [1.82, 2.24) is 0 Å². The summed E-state index contributed by atoms with van der Waals surface area (Å²) in [7, 11) is 0. The lowest BCUT2D eigenvalue weighted by Gasteiger charge is -2.31. The van der Waals surface area contributed by atoms with E-state index in [4.69, 9.17) is 14.6 Å². The minimum absolute atomic E-state index is 0.0522. The van der Waals surface area contributed by atoms with Crippen LogP contribution in [0, 0.1) is 11.3 Å². The molecule has 0 aliphatic rings. The van der Waals surface area contributed by atoms with Crippen LogP contribution in [0.2, 0.25) is 0 Å². The van der Waals surface area contributed by atoms with Crippen LogP contribution in [-0.4, -0.2) is 37.5 Å². The van der Waals surface area contributed by atoms with Gasteiger partial charge < -0.3 is 14.6 Å². The molecule has 0 radical (unpaired) electrons. The van der Waals surface area contributed by atoms with E-state index >= 15 is 0 Å². The van der Waals surface area contributed by atoms with E-state index in [2.05, 4.69) is 27.7 Å². The predicted molar refractivity (Wildman–Crippen MR) is 81.0 cm³/mol. The Bertz CT molecular complexity index is 245. The number of carboxylic acids is 1. The van der Waals surface area contributed by atoms with E-state index < -0.39 is 5.97 Å². The molecule has 0 aromatic carbocycles. The summed E-state index contributed by atoms with van der Waals surface area (Å²) in [5.41, 5.74) is -0.0522. The molecule has 0 aliphatic heterocycles. The quantitative estimate of drug-likeness (QED) is 0.525. The van der Waals surface area contributed by atoms with E-state index in [0.717, 1.165) is 31.8 Å². The zero-order chi connectivity index (χ0) is 15.4. The molecular formula is C16H32O4. The highest BCUT2D eigenvalue weighted by Gasteiger charge is 2.27. The Morgan fingerprint density at radius 3 is 2.05 bits per heavy atom. The number of aliphatic carboxylic acids is 1. The predicted octanol–water partition coefficient (Wildman–Crippen LogP) is 3.74. The largest absolute Gasteiger partial charge is 0.480 e. The average molecular weight is 288 g/mol. The molecular weight excluding hydrogens is 256 g/mol. The lowest BCUT2D eigenvalue weighted by molar-refractivity contribution is -0.144. The molecule has 0 saturated carbocycles. The summed E-state index contributed by atoms with van der Waals surface area (Å²) in [4.78, 5) is 10.5. The van der Waals surface area contributed by atoms with E-state index in [1.807, 2.05) is 0 Å². The first-order valence-electron chi connectivity index (χ1n) is 7.90. The van der Waals surface area contributed by atoms with Crippen LogP contribution in [0.3, 0.4) is 0 Å². The van der Waals surface area contributed by atoms with Gasteiger partial charge in [-0.2, -0.15) is 0 Å². The number of carbonyl (C=O) groups is 1. The van der Waals surface area contributed by atoms with Gasteiger partial charge in [-0.3, -0.25) is 0 Å². The van der Waals surface area contributed by atoms with Crippen molar-refractivity contribution in [3.8, 4) is 0 Å². The van der Waals surface area contributed by atoms with Crippen molar-refractivity contribution in [2.75, 3.05) is 26.4 Å². The third-order valence-corrected chi connectivity index (χ3v) is 4.37. The molecule has 4 heteroatoms. The second-order valence-corrected chi connectivity index (χ2v) is 5.62. The number of hydrogen-bond donors (Lipinski definition) is 1. The highest BCUT2D eigenvalue weighted by molar-refractivity contribution is 5.67. The van der Waals surface area contributed by atoms with Crippen molar-refractivity contribution >= 4 is 5.97 Å². The summed E-state index contributed by atoms with van der Waals surface area (Å²) in [6.45, 7) is 10.3. The SMILES string of the molecule is CCC(CC)CCOCC(CC)(CC)COCC(=O)O. The van der Waals surface area contributed by atoms with Crippen molar-refractivity contribution in [3.63, 3.8) is 0 Å². The van der Waals surface area contributed by atoms with Gasteiger partial charge in [-0.25, -0.2) is 4.79 Å². The fraction of sp³-hybridized carbons (Fsp3) is 0.938. The van der Waals surface area contributed by atoms with Gasteiger partial charge in [0, 0.05) is 12.0 Å². The van der Waals surface area contributed by atoms with Crippen LogP contribution in [-0.2, 0) is 14.3 Å². The Morgan fingerprint density at radius 1 is 1.05 bits per heavy atom. The maximum atomic E-state index is 10.5. The van der Waals surface area contributed by atoms with Gasteiger partial charge in [-0.1, -0.05) is 40.5 Å². The summed E-state index contributed by atoms with van der Waals surface area (Å²) >= 11 is 0. The smallest absolute Gasteiger partial charge is 0.329 e. The number of carboxylic acid groups (broad SMARTS) is 1. The van der Waals surface area contributed by atoms with Crippen molar-refractivity contribution in [1.29, 1.82) is 0 Å². The molecule has 0 spiro atoms. The molecule has 0 heterocycles. The molecule has 0 amide bonds. The Labute approximate surface area is 123 Å². The van der Waals surface area contributed by atoms with E-state index in [-0.39, 0.29) is 12.0 Å². The number of rotatable bonds is 13. The zero-order valence-corrected chi connectivity index (χ0v) is 13.6. The van der Waals surface area contributed by atoms with Crippen LogP contribution in [0.1, 0.15) is 59.8 Å². The first-order valence-corrected chi connectivity index (χ1v) is 7.90. The highest BCUT2D eigenvalue weighted by atomic mass is 16.5. The lowest BCUT2D eigenvalue weighted by atomic mass is 9.84. The van der Waals surface area contributed by atoms with Gasteiger partial charge in [0.05, 0.1) is 13.2 Å². The summed E-state index contributed by atoms with van der Waals surface area (Å²) in [6, 6.07) is 0. The molecule has 20 heavy (non-hydrogen) atoms. The highest BCUT2D eigenvalue weighted by Crippen LogP contribution is 2.27. The van der Waals surface area contributed by atoms with E-state index in [1.54, 1.807) is 0 Å². The maximum absolute atomic E-state index is 10.5. The summed E-state index contributed by atoms with van der Waals surface area (Å²) < 4.78 is 11.1. The van der Waals surface area contributed by atoms with Gasteiger partial charge in [0.25, 0.3) is 0 Å². The van der Waals surface area contributed by atoms with Crippen LogP contribution in [0.15, 0.2) is 0 Å². The molecule has 0 saturated heterocycles. The van der Waals surface area contributed by atoms with Crippen molar-refractivity contribution in [2.45, 2.75) is 59.8 Å². The van der Waals surface area contributed by atoms with Gasteiger partial charge in [0.1, 0.15) is 6.61 Å². The van der Waals surface area contributed by atoms with E-state index in [0.29, 0.717) is 13.2 Å². The Hall–Kier alpha value is -0.610. The minimum Gasteiger partial charge on any atom is -0.480 e. The maximum Gasteiger partial charge on any atom is 0.329 e. The third kappa shape index (κ3) is 7.85. The molecule has 0 fully saturated rings. The molecule has 0 atom stereocenters. The lowest BCUT2D eigenvalue weighted by Crippen LogP contribution is -2.32. The minimum atomic E-state index is -0.916. The molecule has 0 aromatic heterocycles. The van der Waals surface area contributed by atoms with E-state index in [9.17, 15) is 4.79 Å². The first-order chi connectivity index (χ1) is 9.53. The summed E-state index contributed by atoms with van der Waals surface area (Å²) in [5, 5.41) is 8.63. The second-order valence-electron chi connectivity index (χ2n) is 5.62. The summed E-state index contributed by atoms with van der Waals surface area (Å²) in [6.07, 6.45) is 5.39. The van der Waals surface area contributed by atoms with Gasteiger partial charge in [-0.15, -0.1) is 0 Å². The third-order valence-electron chi connectivity index (χ3n) is 4.37. The topological polar surface area (TPSA) is 55.8 Å². The van der Waals surface area contributed by atoms with Crippen LogP contribution in [0.4, 0.5) is 0 Å². The Morgan fingerprint density at radius 2 is 1.60 bits per heavy atom. The first kappa shape index (κ1) is 19.4. The van der Waals surface area contributed by atoms with Crippen LogP contribution in [0.5, 0.6) is 0 Å². The van der Waals surface area contributed by atoms with Crippen LogP contribution < -0.4 is 0 Å². The summed E-state index contributed by atoms with van der Waals surface area (Å²) in [5.74, 6) is -0.170. The van der Waals surface area contributed by atoms with Gasteiger partial charge in [0.15, 0.2) is 0 Å². The number of ether oxygens (including phenoxy) is 2. The number of hydrogen-bond acceptors (Lipinski definition) is 3. The van der Waals surface area contributed by atoms with Crippen molar-refractivity contribution in [2.24, 2.45) is 11.3 Å². The Kier molecular flexibility index (Phi) is 10.8. The van der Waals surface area contributed by atoms with Gasteiger partial charge in [0.2, 0.25) is 0 Å². The van der Waals surface area contributed by atoms with Crippen LogP contribution >= 0.6 is 0 Å². The normalized spacial score (nSPS) is 12.1. The Balaban J connectivity index is 4.08. The monoisotopic (exact) mass is 288 g/mol. The van der Waals surface area contributed by atoms with Gasteiger partial charge in [-0.05, 0) is 25.2 Å². The van der Waals surface area contributed by atoms with Crippen molar-refractivity contribution < 1.29 is 19.4 Å². The molecule has 4 nitrogen and oxygen atoms in total. The van der Waals surface area contributed by atoms with Crippen molar-refractivity contribution in [3.05, 3.63) is 0 Å². The van der Waals surface area contributed by atoms with Crippen LogP contribution in [0.25, 0.3) is 0 Å². The second kappa shape index (κ2) is 11.1. The molecule has 120 valence electrons. The molecule has 0 aliphatic carbocycles. The fourth-order valence-electron chi connectivity index (χ4n) is 2.29. The molecule has 0 aromatic rings. The molecule has 0 bridgehead atoms. The molecule has 0 rings (SSSR count). The van der Waals surface area contributed by atoms with E-state index in [1.165, 1.54) is 12.8 Å². The molecule has 0 unspecified atom stereocenters.